The van der Waals surface area contributed by atoms with Gasteiger partial charge in [0.25, 0.3) is 0 Å². The third kappa shape index (κ3) is 3.50. The molecule has 2 atom stereocenters. The maximum Gasteiger partial charge on any atom is 0.241 e. The van der Waals surface area contributed by atoms with E-state index < -0.39 is 0 Å². The molecule has 5 nitrogen and oxygen atoms in total. The quantitative estimate of drug-likeness (QED) is 0.683. The number of benzene rings is 3. The molecule has 1 saturated heterocycles. The Bertz CT molecular complexity index is 1080. The van der Waals surface area contributed by atoms with Gasteiger partial charge in [-0.15, -0.1) is 0 Å². The van der Waals surface area contributed by atoms with Crippen LogP contribution in [0.25, 0.3) is 10.8 Å². The molecule has 2 aliphatic heterocycles. The average molecular weight is 402 g/mol. The molecule has 0 radical (unpaired) electrons. The van der Waals surface area contributed by atoms with Crippen molar-refractivity contribution >= 4 is 22.4 Å². The first-order valence-corrected chi connectivity index (χ1v) is 10.6. The van der Waals surface area contributed by atoms with E-state index in [1.165, 1.54) is 5.56 Å². The number of ether oxygens (including phenoxy) is 2. The topological polar surface area (TPSA) is 50.8 Å². The van der Waals surface area contributed by atoms with Crippen molar-refractivity contribution in [3.8, 4) is 11.5 Å². The number of anilines is 1. The van der Waals surface area contributed by atoms with E-state index in [0.29, 0.717) is 13.2 Å². The number of carbonyl (C=O) groups excluding carboxylic acids is 1. The van der Waals surface area contributed by atoms with E-state index in [4.69, 9.17) is 9.47 Å². The minimum atomic E-state index is -0.232. The number of likely N-dealkylation sites (tertiary alicyclic amines) is 1. The summed E-state index contributed by atoms with van der Waals surface area (Å²) >= 11 is 0. The van der Waals surface area contributed by atoms with E-state index in [1.807, 2.05) is 43.3 Å². The highest BCUT2D eigenvalue weighted by Gasteiger charge is 2.33. The van der Waals surface area contributed by atoms with E-state index in [-0.39, 0.29) is 18.0 Å². The molecule has 3 aromatic carbocycles. The second-order valence-corrected chi connectivity index (χ2v) is 7.99. The first-order chi connectivity index (χ1) is 14.7. The third-order valence-corrected chi connectivity index (χ3v) is 6.17. The zero-order chi connectivity index (χ0) is 20.5. The Hall–Kier alpha value is -3.05. The number of hydrogen-bond donors (Lipinski definition) is 1. The zero-order valence-electron chi connectivity index (χ0n) is 17.1. The summed E-state index contributed by atoms with van der Waals surface area (Å²) in [5.74, 6) is 1.63. The highest BCUT2D eigenvalue weighted by atomic mass is 16.6. The van der Waals surface area contributed by atoms with Crippen molar-refractivity contribution in [1.29, 1.82) is 0 Å². The molecular weight excluding hydrogens is 376 g/mol. The summed E-state index contributed by atoms with van der Waals surface area (Å²) in [6.45, 7) is 4.07. The zero-order valence-corrected chi connectivity index (χ0v) is 17.1. The van der Waals surface area contributed by atoms with E-state index in [1.54, 1.807) is 0 Å². The van der Waals surface area contributed by atoms with E-state index in [9.17, 15) is 4.79 Å². The van der Waals surface area contributed by atoms with Crippen LogP contribution in [0.1, 0.15) is 31.4 Å². The van der Waals surface area contributed by atoms with Gasteiger partial charge in [0.05, 0.1) is 6.04 Å². The molecule has 5 rings (SSSR count). The van der Waals surface area contributed by atoms with Gasteiger partial charge >= 0.3 is 0 Å². The maximum absolute atomic E-state index is 13.2. The van der Waals surface area contributed by atoms with E-state index >= 15 is 0 Å². The molecule has 30 heavy (non-hydrogen) atoms. The molecule has 154 valence electrons. The maximum atomic E-state index is 13.2. The second-order valence-electron chi connectivity index (χ2n) is 7.99. The van der Waals surface area contributed by atoms with Crippen LogP contribution >= 0.6 is 0 Å². The smallest absolute Gasteiger partial charge is 0.241 e. The van der Waals surface area contributed by atoms with Gasteiger partial charge in [-0.05, 0) is 55.5 Å². The Kier molecular flexibility index (Phi) is 5.05. The molecule has 0 spiro atoms. The number of rotatable bonds is 4. The molecule has 0 bridgehead atoms. The minimum Gasteiger partial charge on any atom is -0.486 e. The first-order valence-electron chi connectivity index (χ1n) is 10.6. The predicted molar refractivity (Wildman–Crippen MR) is 118 cm³/mol. The lowest BCUT2D eigenvalue weighted by molar-refractivity contribution is -0.121. The molecule has 1 N–H and O–H groups in total. The predicted octanol–water partition coefficient (Wildman–Crippen LogP) is 4.78. The fourth-order valence-corrected chi connectivity index (χ4v) is 4.60. The SMILES string of the molecule is C[C@@H](C(=O)Nc1cccc2ccccc12)N1CCC[C@@H]1c1ccc2c(c1)OCCO2. The number of carbonyl (C=O) groups is 1. The molecule has 0 saturated carbocycles. The third-order valence-electron chi connectivity index (χ3n) is 6.17. The lowest BCUT2D eigenvalue weighted by atomic mass is 10.0. The summed E-state index contributed by atoms with van der Waals surface area (Å²) in [4.78, 5) is 15.5. The normalized spacial score (nSPS) is 19.6. The average Bonchev–Trinajstić information content (AvgIpc) is 3.28. The molecular formula is C25H26N2O3. The number of nitrogens with zero attached hydrogens (tertiary/aromatic N) is 1. The molecule has 2 aliphatic rings. The highest BCUT2D eigenvalue weighted by molar-refractivity contribution is 6.03. The largest absolute Gasteiger partial charge is 0.486 e. The fourth-order valence-electron chi connectivity index (χ4n) is 4.60. The van der Waals surface area contributed by atoms with Gasteiger partial charge < -0.3 is 14.8 Å². The fraction of sp³-hybridized carbons (Fsp3) is 0.320. The van der Waals surface area contributed by atoms with Crippen LogP contribution in [-0.4, -0.2) is 36.6 Å². The van der Waals surface area contributed by atoms with Crippen molar-refractivity contribution in [3.63, 3.8) is 0 Å². The molecule has 0 aliphatic carbocycles. The van der Waals surface area contributed by atoms with Gasteiger partial charge in [-0.25, -0.2) is 0 Å². The van der Waals surface area contributed by atoms with Crippen LogP contribution < -0.4 is 14.8 Å². The molecule has 0 aromatic heterocycles. The molecule has 0 unspecified atom stereocenters. The number of fused-ring (bicyclic) bond motifs is 2. The van der Waals surface area contributed by atoms with Gasteiger partial charge in [0.15, 0.2) is 11.5 Å². The lowest BCUT2D eigenvalue weighted by Gasteiger charge is -2.31. The second kappa shape index (κ2) is 8.00. The van der Waals surface area contributed by atoms with Crippen molar-refractivity contribution in [2.24, 2.45) is 0 Å². The molecule has 2 heterocycles. The van der Waals surface area contributed by atoms with Crippen LogP contribution in [0.4, 0.5) is 5.69 Å². The van der Waals surface area contributed by atoms with Gasteiger partial charge in [-0.2, -0.15) is 0 Å². The van der Waals surface area contributed by atoms with Gasteiger partial charge in [0.2, 0.25) is 5.91 Å². The summed E-state index contributed by atoms with van der Waals surface area (Å²) in [6.07, 6.45) is 2.11. The van der Waals surface area contributed by atoms with Crippen molar-refractivity contribution < 1.29 is 14.3 Å². The standard InChI is InChI=1S/C25H26N2O3/c1-17(25(28)26-21-9-4-7-18-6-2-3-8-20(18)21)27-13-5-10-22(27)19-11-12-23-24(16-19)30-15-14-29-23/h2-4,6-9,11-12,16-17,22H,5,10,13-15H2,1H3,(H,26,28)/t17-,22+/m0/s1. The number of amides is 1. The van der Waals surface area contributed by atoms with Crippen LogP contribution in [0.3, 0.4) is 0 Å². The van der Waals surface area contributed by atoms with Crippen molar-refractivity contribution in [1.82, 2.24) is 4.90 Å². The minimum absolute atomic E-state index is 0.0239. The van der Waals surface area contributed by atoms with Gasteiger partial charge in [0.1, 0.15) is 13.2 Å². The monoisotopic (exact) mass is 402 g/mol. The Balaban J connectivity index is 1.35. The summed E-state index contributed by atoms with van der Waals surface area (Å²) in [6, 6.07) is 20.3. The van der Waals surface area contributed by atoms with E-state index in [2.05, 4.69) is 34.5 Å². The van der Waals surface area contributed by atoms with Crippen LogP contribution in [0.5, 0.6) is 11.5 Å². The molecule has 1 fully saturated rings. The van der Waals surface area contributed by atoms with Crippen LogP contribution in [-0.2, 0) is 4.79 Å². The first kappa shape index (κ1) is 18.9. The Labute approximate surface area is 176 Å². The number of hydrogen-bond acceptors (Lipinski definition) is 4. The van der Waals surface area contributed by atoms with Gasteiger partial charge in [0, 0.05) is 17.1 Å². The summed E-state index contributed by atoms with van der Waals surface area (Å²) in [5.41, 5.74) is 2.04. The van der Waals surface area contributed by atoms with Gasteiger partial charge in [-0.1, -0.05) is 42.5 Å². The molecule has 1 amide bonds. The Morgan fingerprint density at radius 3 is 2.73 bits per heavy atom. The van der Waals surface area contributed by atoms with Crippen molar-refractivity contribution in [3.05, 3.63) is 66.2 Å². The van der Waals surface area contributed by atoms with Crippen LogP contribution in [0.2, 0.25) is 0 Å². The summed E-state index contributed by atoms with van der Waals surface area (Å²) in [7, 11) is 0. The summed E-state index contributed by atoms with van der Waals surface area (Å²) < 4.78 is 11.4. The summed E-state index contributed by atoms with van der Waals surface area (Å²) in [5, 5.41) is 5.34. The van der Waals surface area contributed by atoms with Crippen LogP contribution in [0.15, 0.2) is 60.7 Å². The molecule has 3 aromatic rings. The highest BCUT2D eigenvalue weighted by Crippen LogP contribution is 2.39. The lowest BCUT2D eigenvalue weighted by Crippen LogP contribution is -2.41. The Morgan fingerprint density at radius 2 is 1.83 bits per heavy atom. The molecule has 5 heteroatoms. The number of nitrogens with one attached hydrogen (secondary N) is 1. The van der Waals surface area contributed by atoms with Crippen molar-refractivity contribution in [2.45, 2.75) is 31.8 Å². The van der Waals surface area contributed by atoms with Gasteiger partial charge in [-0.3, -0.25) is 9.69 Å². The van der Waals surface area contributed by atoms with E-state index in [0.717, 1.165) is 47.3 Å². The Morgan fingerprint density at radius 1 is 1.03 bits per heavy atom. The van der Waals surface area contributed by atoms with Crippen LogP contribution in [0, 0.1) is 0 Å². The van der Waals surface area contributed by atoms with Crippen molar-refractivity contribution in [2.75, 3.05) is 25.1 Å².